The Kier molecular flexibility index (Phi) is 6.54. The molecule has 0 saturated carbocycles. The molecule has 0 fully saturated rings. The second kappa shape index (κ2) is 8.84. The fourth-order valence-corrected chi connectivity index (χ4v) is 2.36. The van der Waals surface area contributed by atoms with Gasteiger partial charge >= 0.3 is 11.8 Å². The van der Waals surface area contributed by atoms with Gasteiger partial charge < -0.3 is 20.1 Å². The van der Waals surface area contributed by atoms with Gasteiger partial charge in [0.2, 0.25) is 0 Å². The van der Waals surface area contributed by atoms with Crippen LogP contribution in [-0.4, -0.2) is 32.6 Å². The van der Waals surface area contributed by atoms with Gasteiger partial charge in [-0.05, 0) is 42.3 Å². The van der Waals surface area contributed by atoms with Crippen LogP contribution in [0.25, 0.3) is 0 Å². The molecule has 0 spiro atoms. The number of anilines is 1. The summed E-state index contributed by atoms with van der Waals surface area (Å²) >= 11 is 0. The van der Waals surface area contributed by atoms with E-state index in [4.69, 9.17) is 9.47 Å². The van der Waals surface area contributed by atoms with E-state index in [9.17, 15) is 9.59 Å². The van der Waals surface area contributed by atoms with E-state index in [0.717, 1.165) is 11.1 Å². The normalized spacial score (nSPS) is 11.5. The number of hydrogen-bond donors (Lipinski definition) is 2. The van der Waals surface area contributed by atoms with Gasteiger partial charge in [-0.3, -0.25) is 9.59 Å². The topological polar surface area (TPSA) is 76.7 Å². The summed E-state index contributed by atoms with van der Waals surface area (Å²) in [5.41, 5.74) is 2.42. The fourth-order valence-electron chi connectivity index (χ4n) is 2.36. The Morgan fingerprint density at radius 1 is 1.04 bits per heavy atom. The predicted molar refractivity (Wildman–Crippen MR) is 95.6 cm³/mol. The third-order valence-electron chi connectivity index (χ3n) is 3.68. The van der Waals surface area contributed by atoms with Gasteiger partial charge in [0.1, 0.15) is 5.75 Å². The van der Waals surface area contributed by atoms with Gasteiger partial charge in [0.05, 0.1) is 13.2 Å². The molecule has 132 valence electrons. The minimum Gasteiger partial charge on any atom is -0.497 e. The van der Waals surface area contributed by atoms with Gasteiger partial charge in [0.15, 0.2) is 0 Å². The molecule has 2 rings (SSSR count). The van der Waals surface area contributed by atoms with Crippen LogP contribution in [-0.2, 0) is 14.3 Å². The first-order valence-electron chi connectivity index (χ1n) is 7.86. The number of ether oxygens (including phenoxy) is 2. The van der Waals surface area contributed by atoms with E-state index in [0.29, 0.717) is 11.4 Å². The van der Waals surface area contributed by atoms with Gasteiger partial charge in [-0.25, -0.2) is 0 Å². The molecule has 2 N–H and O–H groups in total. The van der Waals surface area contributed by atoms with Crippen molar-refractivity contribution in [1.82, 2.24) is 5.32 Å². The lowest BCUT2D eigenvalue weighted by Gasteiger charge is -2.17. The lowest BCUT2D eigenvalue weighted by atomic mass is 10.1. The summed E-state index contributed by atoms with van der Waals surface area (Å²) in [6, 6.07) is 14.6. The average Bonchev–Trinajstić information content (AvgIpc) is 2.62. The van der Waals surface area contributed by atoms with Crippen LogP contribution >= 0.6 is 0 Å². The Hall–Kier alpha value is -2.86. The molecule has 0 aliphatic rings. The molecule has 0 heterocycles. The molecule has 0 aromatic heterocycles. The van der Waals surface area contributed by atoms with E-state index in [1.807, 2.05) is 43.3 Å². The third kappa shape index (κ3) is 5.32. The lowest BCUT2D eigenvalue weighted by Crippen LogP contribution is -2.38. The molecular formula is C19H22N2O4. The molecule has 2 amide bonds. The molecule has 0 unspecified atom stereocenters. The molecule has 2 aromatic rings. The molecule has 0 radical (unpaired) electrons. The zero-order valence-electron chi connectivity index (χ0n) is 14.5. The standard InChI is InChI=1S/C19H22N2O4/c1-13-6-4-8-15(10-13)21-19(23)18(22)20-12-17(25-3)14-7-5-9-16(11-14)24-2/h4-11,17H,12H2,1-3H3,(H,20,22)(H,21,23)/t17-/m1/s1. The van der Waals surface area contributed by atoms with Crippen LogP contribution in [0, 0.1) is 6.92 Å². The Morgan fingerprint density at radius 2 is 1.80 bits per heavy atom. The molecule has 6 nitrogen and oxygen atoms in total. The Labute approximate surface area is 147 Å². The highest BCUT2D eigenvalue weighted by molar-refractivity contribution is 6.39. The Bertz CT molecular complexity index is 746. The number of amides is 2. The van der Waals surface area contributed by atoms with Crippen LogP contribution < -0.4 is 15.4 Å². The molecule has 6 heteroatoms. The molecule has 2 aromatic carbocycles. The molecule has 0 aliphatic heterocycles. The van der Waals surface area contributed by atoms with E-state index in [-0.39, 0.29) is 12.6 Å². The number of carbonyl (C=O) groups excluding carboxylic acids is 2. The number of carbonyl (C=O) groups is 2. The van der Waals surface area contributed by atoms with Crippen LogP contribution in [0.2, 0.25) is 0 Å². The maximum Gasteiger partial charge on any atom is 0.313 e. The number of methoxy groups -OCH3 is 2. The summed E-state index contributed by atoms with van der Waals surface area (Å²) in [7, 11) is 3.13. The monoisotopic (exact) mass is 342 g/mol. The van der Waals surface area contributed by atoms with Crippen LogP contribution in [0.4, 0.5) is 5.69 Å². The van der Waals surface area contributed by atoms with E-state index >= 15 is 0 Å². The third-order valence-corrected chi connectivity index (χ3v) is 3.68. The van der Waals surface area contributed by atoms with Crippen LogP contribution in [0.5, 0.6) is 5.75 Å². The van der Waals surface area contributed by atoms with Crippen molar-refractivity contribution < 1.29 is 19.1 Å². The van der Waals surface area contributed by atoms with Crippen molar-refractivity contribution in [2.75, 3.05) is 26.1 Å². The fraction of sp³-hybridized carbons (Fsp3) is 0.263. The minimum absolute atomic E-state index is 0.170. The zero-order valence-corrected chi connectivity index (χ0v) is 14.5. The molecule has 0 bridgehead atoms. The second-order valence-corrected chi connectivity index (χ2v) is 5.53. The highest BCUT2D eigenvalue weighted by atomic mass is 16.5. The predicted octanol–water partition coefficient (Wildman–Crippen LogP) is 2.45. The smallest absolute Gasteiger partial charge is 0.313 e. The van der Waals surface area contributed by atoms with E-state index < -0.39 is 11.8 Å². The van der Waals surface area contributed by atoms with Crippen molar-refractivity contribution in [3.05, 3.63) is 59.7 Å². The first kappa shape index (κ1) is 18.5. The Balaban J connectivity index is 1.93. The zero-order chi connectivity index (χ0) is 18.2. The van der Waals surface area contributed by atoms with E-state index in [1.54, 1.807) is 26.4 Å². The van der Waals surface area contributed by atoms with Crippen LogP contribution in [0.3, 0.4) is 0 Å². The van der Waals surface area contributed by atoms with E-state index in [2.05, 4.69) is 10.6 Å². The largest absolute Gasteiger partial charge is 0.497 e. The van der Waals surface area contributed by atoms with Crippen molar-refractivity contribution in [2.24, 2.45) is 0 Å². The number of aryl methyl sites for hydroxylation is 1. The van der Waals surface area contributed by atoms with Gasteiger partial charge in [0, 0.05) is 19.3 Å². The molecule has 0 aliphatic carbocycles. The summed E-state index contributed by atoms with van der Waals surface area (Å²) in [4.78, 5) is 24.0. The average molecular weight is 342 g/mol. The summed E-state index contributed by atoms with van der Waals surface area (Å²) in [5.74, 6) is -0.736. The summed E-state index contributed by atoms with van der Waals surface area (Å²) in [6.07, 6.45) is -0.384. The first-order valence-corrected chi connectivity index (χ1v) is 7.86. The highest BCUT2D eigenvalue weighted by Crippen LogP contribution is 2.21. The van der Waals surface area contributed by atoms with Gasteiger partial charge in [0.25, 0.3) is 0 Å². The molecule has 0 saturated heterocycles. The van der Waals surface area contributed by atoms with Gasteiger partial charge in [-0.15, -0.1) is 0 Å². The summed E-state index contributed by atoms with van der Waals surface area (Å²) < 4.78 is 10.6. The van der Waals surface area contributed by atoms with E-state index in [1.165, 1.54) is 0 Å². The maximum absolute atomic E-state index is 12.0. The van der Waals surface area contributed by atoms with Gasteiger partial charge in [-0.1, -0.05) is 24.3 Å². The number of hydrogen-bond acceptors (Lipinski definition) is 4. The maximum atomic E-state index is 12.0. The Morgan fingerprint density at radius 3 is 2.48 bits per heavy atom. The number of nitrogens with one attached hydrogen (secondary N) is 2. The molecule has 1 atom stereocenters. The van der Waals surface area contributed by atoms with Crippen LogP contribution in [0.1, 0.15) is 17.2 Å². The molecular weight excluding hydrogens is 320 g/mol. The molecule has 25 heavy (non-hydrogen) atoms. The number of benzene rings is 2. The summed E-state index contributed by atoms with van der Waals surface area (Å²) in [5, 5.41) is 5.16. The van der Waals surface area contributed by atoms with Crippen LogP contribution in [0.15, 0.2) is 48.5 Å². The number of rotatable bonds is 6. The second-order valence-electron chi connectivity index (χ2n) is 5.53. The quantitative estimate of drug-likeness (QED) is 0.791. The first-order chi connectivity index (χ1) is 12.0. The highest BCUT2D eigenvalue weighted by Gasteiger charge is 2.17. The SMILES string of the molecule is COc1cccc([C@@H](CNC(=O)C(=O)Nc2cccc(C)c2)OC)c1. The summed E-state index contributed by atoms with van der Waals surface area (Å²) in [6.45, 7) is 2.08. The van der Waals surface area contributed by atoms with Crippen molar-refractivity contribution in [1.29, 1.82) is 0 Å². The lowest BCUT2D eigenvalue weighted by molar-refractivity contribution is -0.136. The van der Waals surface area contributed by atoms with Gasteiger partial charge in [-0.2, -0.15) is 0 Å². The van der Waals surface area contributed by atoms with Crippen molar-refractivity contribution in [2.45, 2.75) is 13.0 Å². The van der Waals surface area contributed by atoms with Crippen molar-refractivity contribution in [3.8, 4) is 5.75 Å². The minimum atomic E-state index is -0.717. The van der Waals surface area contributed by atoms with Crippen molar-refractivity contribution in [3.63, 3.8) is 0 Å². The van der Waals surface area contributed by atoms with Crippen molar-refractivity contribution >= 4 is 17.5 Å².